The van der Waals surface area contributed by atoms with Crippen molar-refractivity contribution in [3.63, 3.8) is 0 Å². The Balaban J connectivity index is 1.55. The lowest BCUT2D eigenvalue weighted by molar-refractivity contribution is -0.139. The quantitative estimate of drug-likeness (QED) is 0.189. The molecular weight excluding hydrogens is 442 g/mol. The zero-order chi connectivity index (χ0) is 25.7. The first-order valence-corrected chi connectivity index (χ1v) is 12.3. The first-order chi connectivity index (χ1) is 17.3. The maximum absolute atomic E-state index is 11.7. The van der Waals surface area contributed by atoms with Crippen molar-refractivity contribution < 1.29 is 9.53 Å². The van der Waals surface area contributed by atoms with Gasteiger partial charge < -0.3 is 9.64 Å². The Morgan fingerprint density at radius 3 is 1.53 bits per heavy atom. The number of carbonyl (C=O) groups excluding carboxylic acids is 1. The van der Waals surface area contributed by atoms with Gasteiger partial charge in [-0.3, -0.25) is 0 Å². The van der Waals surface area contributed by atoms with E-state index in [-0.39, 0.29) is 11.9 Å². The summed E-state index contributed by atoms with van der Waals surface area (Å²) in [6.07, 6.45) is 0. The van der Waals surface area contributed by atoms with Gasteiger partial charge in [-0.05, 0) is 73.9 Å². The van der Waals surface area contributed by atoms with Crippen LogP contribution in [0.5, 0.6) is 0 Å². The summed E-state index contributed by atoms with van der Waals surface area (Å²) in [4.78, 5) is 14.0. The van der Waals surface area contributed by atoms with E-state index in [1.165, 1.54) is 11.1 Å². The van der Waals surface area contributed by atoms with E-state index in [4.69, 9.17) is 4.74 Å². The summed E-state index contributed by atoms with van der Waals surface area (Å²) >= 11 is 0. The Labute approximate surface area is 214 Å². The molecule has 1 atom stereocenters. The van der Waals surface area contributed by atoms with Gasteiger partial charge in [-0.25, -0.2) is 4.79 Å². The monoisotopic (exact) mass is 475 g/mol. The molecule has 4 aromatic carbocycles. The smallest absolute Gasteiger partial charge is 0.333 e. The number of aryl methyl sites for hydroxylation is 2. The Morgan fingerprint density at radius 1 is 0.722 bits per heavy atom. The predicted molar refractivity (Wildman–Crippen MR) is 150 cm³/mol. The van der Waals surface area contributed by atoms with Crippen LogP contribution in [0, 0.1) is 13.8 Å². The van der Waals surface area contributed by atoms with Crippen molar-refractivity contribution in [3.8, 4) is 11.1 Å². The minimum atomic E-state index is -0.344. The summed E-state index contributed by atoms with van der Waals surface area (Å²) in [6, 6.07) is 34.4. The Kier molecular flexibility index (Phi) is 7.70. The van der Waals surface area contributed by atoms with Crippen molar-refractivity contribution in [1.82, 2.24) is 0 Å². The average molecular weight is 476 g/mol. The van der Waals surface area contributed by atoms with E-state index < -0.39 is 0 Å². The van der Waals surface area contributed by atoms with Crippen molar-refractivity contribution in [3.05, 3.63) is 126 Å². The van der Waals surface area contributed by atoms with Crippen molar-refractivity contribution in [2.24, 2.45) is 0 Å². The van der Waals surface area contributed by atoms with Gasteiger partial charge in [-0.1, -0.05) is 85.3 Å². The van der Waals surface area contributed by atoms with Gasteiger partial charge in [0.1, 0.15) is 0 Å². The third kappa shape index (κ3) is 5.92. The maximum Gasteiger partial charge on any atom is 0.333 e. The highest BCUT2D eigenvalue weighted by Crippen LogP contribution is 2.36. The molecule has 0 saturated heterocycles. The Hall–Kier alpha value is -4.11. The molecule has 0 bridgehead atoms. The van der Waals surface area contributed by atoms with Crippen LogP contribution in [0.2, 0.25) is 0 Å². The lowest BCUT2D eigenvalue weighted by Gasteiger charge is -2.26. The van der Waals surface area contributed by atoms with Gasteiger partial charge in [0, 0.05) is 28.6 Å². The van der Waals surface area contributed by atoms with Crippen LogP contribution in [0.1, 0.15) is 36.5 Å². The summed E-state index contributed by atoms with van der Waals surface area (Å²) in [5.41, 5.74) is 9.70. The van der Waals surface area contributed by atoms with Gasteiger partial charge >= 0.3 is 5.97 Å². The standard InChI is InChI=1S/C33H33NO2/c1-23(2)33(35)36-22-26(5)27-10-12-28(13-11-27)29-14-20-32(21-15-29)34(30-16-6-24(3)7-17-30)31-18-8-25(4)9-19-31/h6-21,26H,1,22H2,2-5H3. The fourth-order valence-electron chi connectivity index (χ4n) is 4.06. The summed E-state index contributed by atoms with van der Waals surface area (Å²) in [7, 11) is 0. The second-order valence-electron chi connectivity index (χ2n) is 9.46. The molecule has 0 aromatic heterocycles. The number of hydrogen-bond acceptors (Lipinski definition) is 3. The zero-order valence-electron chi connectivity index (χ0n) is 21.5. The molecule has 0 heterocycles. The SMILES string of the molecule is C=C(C)C(=O)OCC(C)c1ccc(-c2ccc(N(c3ccc(C)cc3)c3ccc(C)cc3)cc2)cc1. The van der Waals surface area contributed by atoms with Gasteiger partial charge in [0.05, 0.1) is 6.61 Å². The van der Waals surface area contributed by atoms with Gasteiger partial charge in [-0.2, -0.15) is 0 Å². The molecule has 0 radical (unpaired) electrons. The largest absolute Gasteiger partial charge is 0.462 e. The summed E-state index contributed by atoms with van der Waals surface area (Å²) in [5, 5.41) is 0. The molecule has 0 aliphatic carbocycles. The molecule has 0 fully saturated rings. The fourth-order valence-corrected chi connectivity index (χ4v) is 4.06. The topological polar surface area (TPSA) is 29.5 Å². The first-order valence-electron chi connectivity index (χ1n) is 12.3. The molecule has 1 unspecified atom stereocenters. The highest BCUT2D eigenvalue weighted by Gasteiger charge is 2.13. The van der Waals surface area contributed by atoms with E-state index in [1.54, 1.807) is 6.92 Å². The minimum Gasteiger partial charge on any atom is -0.462 e. The third-order valence-corrected chi connectivity index (χ3v) is 6.34. The molecule has 4 rings (SSSR count). The van der Waals surface area contributed by atoms with Crippen molar-refractivity contribution >= 4 is 23.0 Å². The van der Waals surface area contributed by atoms with Gasteiger partial charge in [0.25, 0.3) is 0 Å². The van der Waals surface area contributed by atoms with E-state index in [2.05, 4.69) is 129 Å². The Morgan fingerprint density at radius 2 is 1.11 bits per heavy atom. The van der Waals surface area contributed by atoms with Crippen LogP contribution in [0.25, 0.3) is 11.1 Å². The van der Waals surface area contributed by atoms with Crippen LogP contribution < -0.4 is 4.90 Å². The molecule has 0 spiro atoms. The van der Waals surface area contributed by atoms with Crippen LogP contribution in [-0.2, 0) is 9.53 Å². The van der Waals surface area contributed by atoms with Gasteiger partial charge in [-0.15, -0.1) is 0 Å². The van der Waals surface area contributed by atoms with Crippen molar-refractivity contribution in [2.75, 3.05) is 11.5 Å². The molecular formula is C33H33NO2. The molecule has 0 aliphatic rings. The van der Waals surface area contributed by atoms with Crippen LogP contribution in [0.3, 0.4) is 0 Å². The number of carbonyl (C=O) groups is 1. The summed E-state index contributed by atoms with van der Waals surface area (Å²) < 4.78 is 5.31. The minimum absolute atomic E-state index is 0.113. The van der Waals surface area contributed by atoms with E-state index in [1.807, 2.05) is 0 Å². The van der Waals surface area contributed by atoms with Gasteiger partial charge in [0.15, 0.2) is 0 Å². The molecule has 3 nitrogen and oxygen atoms in total. The lowest BCUT2D eigenvalue weighted by atomic mass is 9.98. The van der Waals surface area contributed by atoms with E-state index in [0.29, 0.717) is 12.2 Å². The molecule has 0 N–H and O–H groups in total. The van der Waals surface area contributed by atoms with E-state index in [9.17, 15) is 4.79 Å². The molecule has 0 amide bonds. The van der Waals surface area contributed by atoms with Crippen LogP contribution >= 0.6 is 0 Å². The Bertz CT molecular complexity index is 1270. The molecule has 182 valence electrons. The highest BCUT2D eigenvalue weighted by atomic mass is 16.5. The second-order valence-corrected chi connectivity index (χ2v) is 9.46. The fraction of sp³-hybridized carbons (Fsp3) is 0.182. The molecule has 0 saturated carbocycles. The maximum atomic E-state index is 11.7. The van der Waals surface area contributed by atoms with Crippen LogP contribution in [0.15, 0.2) is 109 Å². The lowest BCUT2D eigenvalue weighted by Crippen LogP contribution is -2.11. The number of rotatable bonds is 8. The van der Waals surface area contributed by atoms with Crippen LogP contribution in [0.4, 0.5) is 17.1 Å². The average Bonchev–Trinajstić information content (AvgIpc) is 2.90. The molecule has 0 aliphatic heterocycles. The number of esters is 1. The highest BCUT2D eigenvalue weighted by molar-refractivity contribution is 5.87. The normalized spacial score (nSPS) is 11.6. The van der Waals surface area contributed by atoms with E-state index in [0.717, 1.165) is 33.8 Å². The predicted octanol–water partition coefficient (Wildman–Crippen LogP) is 8.66. The second kappa shape index (κ2) is 11.1. The third-order valence-electron chi connectivity index (χ3n) is 6.34. The van der Waals surface area contributed by atoms with Crippen molar-refractivity contribution in [2.45, 2.75) is 33.6 Å². The summed E-state index contributed by atoms with van der Waals surface area (Å²) in [6.45, 7) is 11.9. The number of anilines is 3. The summed E-state index contributed by atoms with van der Waals surface area (Å²) in [5.74, 6) is -0.230. The van der Waals surface area contributed by atoms with E-state index >= 15 is 0 Å². The van der Waals surface area contributed by atoms with Crippen molar-refractivity contribution in [1.29, 1.82) is 0 Å². The first kappa shape index (κ1) is 25.0. The number of nitrogens with zero attached hydrogens (tertiary/aromatic N) is 1. The number of benzene rings is 4. The molecule has 36 heavy (non-hydrogen) atoms. The van der Waals surface area contributed by atoms with Gasteiger partial charge in [0.2, 0.25) is 0 Å². The number of hydrogen-bond donors (Lipinski definition) is 0. The zero-order valence-corrected chi connectivity index (χ0v) is 21.5. The number of ether oxygens (including phenoxy) is 1. The van der Waals surface area contributed by atoms with Crippen LogP contribution in [-0.4, -0.2) is 12.6 Å². The molecule has 4 aromatic rings. The molecule has 3 heteroatoms.